The van der Waals surface area contributed by atoms with Gasteiger partial charge in [0.15, 0.2) is 0 Å². The van der Waals surface area contributed by atoms with Crippen molar-refractivity contribution in [3.05, 3.63) is 66.9 Å². The molecule has 0 atom stereocenters. The molecule has 0 N–H and O–H groups in total. The Bertz CT molecular complexity index is 962. The van der Waals surface area contributed by atoms with Crippen LogP contribution >= 0.6 is 0 Å². The maximum absolute atomic E-state index is 12.3. The van der Waals surface area contributed by atoms with Crippen molar-refractivity contribution < 1.29 is 12.6 Å². The Morgan fingerprint density at radius 3 is 2.32 bits per heavy atom. The summed E-state index contributed by atoms with van der Waals surface area (Å²) in [7, 11) is -3.85. The molecule has 3 aromatic rings. The average Bonchev–Trinajstić information content (AvgIpc) is 2.45. The van der Waals surface area contributed by atoms with Crippen molar-refractivity contribution in [2.24, 2.45) is 0 Å². The monoisotopic (exact) mass is 322 g/mol. The standard InChI is InChI=1S/C17H14O3S.Na.H/c1-12(2)20-21(18,19)17-9-5-8-15-14-7-4-3-6-13(14)10-11-16(15)17;;/h3-11H,1H2,2H3;;. The first kappa shape index (κ1) is 17.0. The zero-order valence-corrected chi connectivity index (χ0v) is 12.4. The van der Waals surface area contributed by atoms with Crippen molar-refractivity contribution in [3.8, 4) is 0 Å². The molecule has 3 rings (SSSR count). The first-order chi connectivity index (χ1) is 9.99. The summed E-state index contributed by atoms with van der Waals surface area (Å²) >= 11 is 0. The molecule has 0 unspecified atom stereocenters. The molecule has 0 bridgehead atoms. The average molecular weight is 322 g/mol. The van der Waals surface area contributed by atoms with E-state index >= 15 is 0 Å². The second-order valence-corrected chi connectivity index (χ2v) is 6.39. The molecule has 0 aromatic heterocycles. The van der Waals surface area contributed by atoms with Crippen LogP contribution in [0.1, 0.15) is 6.92 Å². The third kappa shape index (κ3) is 3.06. The summed E-state index contributed by atoms with van der Waals surface area (Å²) in [6.45, 7) is 5.01. The Kier molecular flexibility index (Phi) is 4.97. The number of benzene rings is 3. The zero-order valence-electron chi connectivity index (χ0n) is 11.5. The Morgan fingerprint density at radius 2 is 1.59 bits per heavy atom. The van der Waals surface area contributed by atoms with Crippen LogP contribution in [0.25, 0.3) is 21.5 Å². The summed E-state index contributed by atoms with van der Waals surface area (Å²) in [5.74, 6) is 0.146. The predicted molar refractivity (Wildman–Crippen MR) is 91.7 cm³/mol. The van der Waals surface area contributed by atoms with Gasteiger partial charge in [0.25, 0.3) is 0 Å². The van der Waals surface area contributed by atoms with Crippen LogP contribution in [0.5, 0.6) is 0 Å². The fourth-order valence-electron chi connectivity index (χ4n) is 2.46. The van der Waals surface area contributed by atoms with E-state index in [4.69, 9.17) is 4.18 Å². The van der Waals surface area contributed by atoms with E-state index in [0.717, 1.165) is 16.2 Å². The quantitative estimate of drug-likeness (QED) is 0.320. The third-order valence-electron chi connectivity index (χ3n) is 3.27. The van der Waals surface area contributed by atoms with E-state index < -0.39 is 10.1 Å². The number of allylic oxidation sites excluding steroid dienone is 1. The molecule has 5 heteroatoms. The molecule has 22 heavy (non-hydrogen) atoms. The molecule has 0 saturated carbocycles. The van der Waals surface area contributed by atoms with Gasteiger partial charge in [0, 0.05) is 5.39 Å². The van der Waals surface area contributed by atoms with Crippen molar-refractivity contribution in [1.29, 1.82) is 0 Å². The van der Waals surface area contributed by atoms with Gasteiger partial charge in [-0.05, 0) is 29.1 Å². The van der Waals surface area contributed by atoms with Gasteiger partial charge in [-0.3, -0.25) is 0 Å². The summed E-state index contributed by atoms with van der Waals surface area (Å²) in [4.78, 5) is 0.161. The number of hydrogen-bond donors (Lipinski definition) is 0. The predicted octanol–water partition coefficient (Wildman–Crippen LogP) is 3.58. The molecule has 108 valence electrons. The van der Waals surface area contributed by atoms with Gasteiger partial charge in [-0.2, -0.15) is 8.42 Å². The maximum atomic E-state index is 12.3. The zero-order chi connectivity index (χ0) is 15.0. The molecular formula is C17H15NaO3S. The Balaban J connectivity index is 0.00000176. The number of rotatable bonds is 3. The molecule has 3 nitrogen and oxygen atoms in total. The first-order valence-electron chi connectivity index (χ1n) is 6.49. The Labute approximate surface area is 152 Å². The molecule has 0 spiro atoms. The second kappa shape index (κ2) is 6.42. The molecule has 0 aliphatic rings. The Morgan fingerprint density at radius 1 is 0.909 bits per heavy atom. The summed E-state index contributed by atoms with van der Waals surface area (Å²) in [6.07, 6.45) is 0. The van der Waals surface area contributed by atoms with Crippen molar-refractivity contribution in [2.75, 3.05) is 0 Å². The summed E-state index contributed by atoms with van der Waals surface area (Å²) in [5.41, 5.74) is 0. The topological polar surface area (TPSA) is 43.4 Å². The molecule has 0 aliphatic carbocycles. The van der Waals surface area contributed by atoms with Gasteiger partial charge in [-0.1, -0.05) is 55.1 Å². The minimum absolute atomic E-state index is 0. The summed E-state index contributed by atoms with van der Waals surface area (Å²) in [6, 6.07) is 16.8. The molecule has 0 saturated heterocycles. The minimum atomic E-state index is -3.85. The van der Waals surface area contributed by atoms with Crippen LogP contribution in [0.3, 0.4) is 0 Å². The third-order valence-corrected chi connectivity index (χ3v) is 4.67. The fourth-order valence-corrected chi connectivity index (χ4v) is 3.62. The van der Waals surface area contributed by atoms with Crippen LogP contribution in [0.4, 0.5) is 0 Å². The van der Waals surface area contributed by atoms with E-state index in [1.165, 1.54) is 6.92 Å². The van der Waals surface area contributed by atoms with Gasteiger partial charge in [0.1, 0.15) is 10.7 Å². The van der Waals surface area contributed by atoms with Crippen molar-refractivity contribution in [2.45, 2.75) is 11.8 Å². The fraction of sp³-hybridized carbons (Fsp3) is 0.0588. The molecule has 0 heterocycles. The second-order valence-electron chi connectivity index (χ2n) is 4.88. The van der Waals surface area contributed by atoms with Gasteiger partial charge in [-0.15, -0.1) is 0 Å². The van der Waals surface area contributed by atoms with E-state index in [1.807, 2.05) is 42.5 Å². The van der Waals surface area contributed by atoms with Crippen molar-refractivity contribution >= 4 is 61.2 Å². The summed E-state index contributed by atoms with van der Waals surface area (Å²) in [5, 5.41) is 3.62. The number of hydrogen-bond acceptors (Lipinski definition) is 3. The molecule has 0 amide bonds. The SMILES string of the molecule is C=C(C)OS(=O)(=O)c1cccc2c1ccc1ccccc12.[NaH]. The molecule has 0 fully saturated rings. The van der Waals surface area contributed by atoms with Crippen LogP contribution in [0.2, 0.25) is 0 Å². The van der Waals surface area contributed by atoms with Crippen molar-refractivity contribution in [3.63, 3.8) is 0 Å². The van der Waals surface area contributed by atoms with Gasteiger partial charge < -0.3 is 4.18 Å². The molecule has 3 aromatic carbocycles. The van der Waals surface area contributed by atoms with E-state index in [9.17, 15) is 8.42 Å². The van der Waals surface area contributed by atoms with Crippen LogP contribution < -0.4 is 0 Å². The van der Waals surface area contributed by atoms with Crippen LogP contribution in [0, 0.1) is 0 Å². The van der Waals surface area contributed by atoms with Gasteiger partial charge in [0.2, 0.25) is 0 Å². The van der Waals surface area contributed by atoms with E-state index in [0.29, 0.717) is 5.39 Å². The van der Waals surface area contributed by atoms with Gasteiger partial charge >= 0.3 is 39.7 Å². The number of fused-ring (bicyclic) bond motifs is 3. The van der Waals surface area contributed by atoms with Crippen LogP contribution in [0.15, 0.2) is 71.8 Å². The normalized spacial score (nSPS) is 11.1. The van der Waals surface area contributed by atoms with E-state index in [2.05, 4.69) is 6.58 Å². The summed E-state index contributed by atoms with van der Waals surface area (Å²) < 4.78 is 29.5. The van der Waals surface area contributed by atoms with Crippen molar-refractivity contribution in [1.82, 2.24) is 0 Å². The first-order valence-corrected chi connectivity index (χ1v) is 7.90. The van der Waals surface area contributed by atoms with Crippen LogP contribution in [-0.2, 0) is 14.3 Å². The van der Waals surface area contributed by atoms with E-state index in [-0.39, 0.29) is 40.2 Å². The molecule has 0 radical (unpaired) electrons. The van der Waals surface area contributed by atoms with Crippen LogP contribution in [-0.4, -0.2) is 38.0 Å². The van der Waals surface area contributed by atoms with E-state index in [1.54, 1.807) is 12.1 Å². The van der Waals surface area contributed by atoms with Gasteiger partial charge in [-0.25, -0.2) is 0 Å². The van der Waals surface area contributed by atoms with Gasteiger partial charge in [0.05, 0.1) is 0 Å². The molecule has 0 aliphatic heterocycles. The Hall–Kier alpha value is -1.33. The molecular weight excluding hydrogens is 307 g/mol.